The van der Waals surface area contributed by atoms with Gasteiger partial charge in [-0.1, -0.05) is 6.07 Å². The zero-order valence-corrected chi connectivity index (χ0v) is 30.3. The molecule has 3 aromatic rings. The first-order valence-corrected chi connectivity index (χ1v) is 16.8. The van der Waals surface area contributed by atoms with Gasteiger partial charge in [-0.05, 0) is 70.5 Å². The van der Waals surface area contributed by atoms with Crippen LogP contribution in [0.25, 0.3) is 11.3 Å². The number of ether oxygens (including phenoxy) is 2. The molecule has 2 aromatic carbocycles. The topological polar surface area (TPSA) is 120 Å². The van der Waals surface area contributed by atoms with Crippen LogP contribution in [0.1, 0.15) is 49.9 Å². The van der Waals surface area contributed by atoms with Crippen molar-refractivity contribution in [2.75, 3.05) is 46.3 Å². The quantitative estimate of drug-likeness (QED) is 0.152. The van der Waals surface area contributed by atoms with E-state index in [4.69, 9.17) is 9.47 Å². The second-order valence-electron chi connectivity index (χ2n) is 13.9. The Hall–Kier alpha value is -4.88. The van der Waals surface area contributed by atoms with E-state index in [1.54, 1.807) is 7.11 Å². The molecule has 0 unspecified atom stereocenters. The average molecular weight is 787 g/mol. The fraction of sp³-hybridized carbons (Fsp3) is 0.444. The van der Waals surface area contributed by atoms with Crippen molar-refractivity contribution in [3.05, 3.63) is 82.5 Å². The molecule has 11 nitrogen and oxygen atoms in total. The fourth-order valence-corrected chi connectivity index (χ4v) is 6.35. The van der Waals surface area contributed by atoms with E-state index < -0.39 is 87.4 Å². The number of halogens is 8. The molecule has 2 aliphatic rings. The minimum atomic E-state index is -4.99. The van der Waals surface area contributed by atoms with E-state index >= 15 is 8.78 Å². The number of amides is 2. The van der Waals surface area contributed by atoms with Gasteiger partial charge in [-0.25, -0.2) is 19.4 Å². The number of nitrogens with one attached hydrogen (secondary N) is 1. The number of alkyl halides is 6. The van der Waals surface area contributed by atoms with Gasteiger partial charge < -0.3 is 19.9 Å². The smallest absolute Gasteiger partial charge is 0.433 e. The molecule has 1 aliphatic carbocycles. The van der Waals surface area contributed by atoms with Crippen LogP contribution >= 0.6 is 0 Å². The van der Waals surface area contributed by atoms with Crippen molar-refractivity contribution in [2.45, 2.75) is 63.1 Å². The molecule has 1 spiro atoms. The predicted molar refractivity (Wildman–Crippen MR) is 181 cm³/mol. The molecule has 0 saturated heterocycles. The van der Waals surface area contributed by atoms with Gasteiger partial charge in [-0.15, -0.1) is 0 Å². The lowest BCUT2D eigenvalue weighted by atomic mass is 9.72. The van der Waals surface area contributed by atoms with Crippen LogP contribution in [0.5, 0.6) is 5.75 Å². The summed E-state index contributed by atoms with van der Waals surface area (Å²) in [6, 6.07) is 4.56. The van der Waals surface area contributed by atoms with Crippen molar-refractivity contribution >= 4 is 17.5 Å². The second-order valence-corrected chi connectivity index (χ2v) is 13.9. The summed E-state index contributed by atoms with van der Waals surface area (Å²) in [5.74, 6) is -6.23. The highest BCUT2D eigenvalue weighted by molar-refractivity contribution is 6.24. The minimum absolute atomic E-state index is 0.000868. The van der Waals surface area contributed by atoms with Gasteiger partial charge in [0, 0.05) is 37.4 Å². The Morgan fingerprint density at radius 1 is 1.02 bits per heavy atom. The maximum absolute atomic E-state index is 15.5. The van der Waals surface area contributed by atoms with Crippen molar-refractivity contribution in [3.8, 4) is 17.0 Å². The van der Waals surface area contributed by atoms with Gasteiger partial charge in [0.05, 0.1) is 35.6 Å². The fourth-order valence-electron chi connectivity index (χ4n) is 6.35. The van der Waals surface area contributed by atoms with Crippen LogP contribution in [0.2, 0.25) is 0 Å². The van der Waals surface area contributed by atoms with Crippen LogP contribution in [-0.4, -0.2) is 93.8 Å². The molecular weight excluding hydrogens is 748 g/mol. The van der Waals surface area contributed by atoms with Crippen LogP contribution < -0.4 is 10.1 Å². The van der Waals surface area contributed by atoms with Crippen molar-refractivity contribution in [3.63, 3.8) is 0 Å². The number of anilines is 1. The first-order chi connectivity index (χ1) is 25.6. The standard InChI is InChI=1S/C36H38F8N6O5/c1-33(2,18-54-5)48(3)13-14-55-25-10-7-20(28(37)29(25)38)17-50-32(53)27(30(51)34(49(50)4)11-6-12-34)31(52)47-23-9-8-21(35(39,40)41)15-22(23)24-16-26(36(42,43)44)46-19-45-24/h7-10,15-16,19,51H,6,11-14,17-18H2,1-5H3,(H,47,52). The number of methoxy groups -OCH3 is 1. The van der Waals surface area contributed by atoms with Crippen LogP contribution in [0.4, 0.5) is 40.8 Å². The third-order valence-electron chi connectivity index (χ3n) is 10.0. The third kappa shape index (κ3) is 8.23. The van der Waals surface area contributed by atoms with E-state index in [2.05, 4.69) is 15.3 Å². The highest BCUT2D eigenvalue weighted by atomic mass is 19.4. The number of benzene rings is 2. The number of hydrazine groups is 1. The predicted octanol–water partition coefficient (Wildman–Crippen LogP) is 6.76. The Kier molecular flexibility index (Phi) is 11.5. The monoisotopic (exact) mass is 786 g/mol. The van der Waals surface area contributed by atoms with Crippen molar-refractivity contribution in [2.24, 2.45) is 0 Å². The molecule has 55 heavy (non-hydrogen) atoms. The molecule has 0 bridgehead atoms. The number of carbonyl (C=O) groups is 2. The lowest BCUT2D eigenvalue weighted by molar-refractivity contribution is -0.172. The van der Waals surface area contributed by atoms with Gasteiger partial charge in [-0.3, -0.25) is 19.5 Å². The SMILES string of the molecule is COCC(C)(C)N(C)CCOc1ccc(CN2C(=O)C(C(=O)Nc3ccc(C(F)(F)F)cc3-c3cc(C(F)(F)F)ncn3)=C(O)C3(CCC3)N2C)c(F)c1F. The molecule has 2 heterocycles. The number of nitrogens with zero attached hydrogens (tertiary/aromatic N) is 5. The lowest BCUT2D eigenvalue weighted by Gasteiger charge is -2.54. The Bertz CT molecular complexity index is 1980. The van der Waals surface area contributed by atoms with Gasteiger partial charge >= 0.3 is 12.4 Å². The normalized spacial score (nSPS) is 16.5. The zero-order valence-electron chi connectivity index (χ0n) is 30.3. The number of hydrogen-bond acceptors (Lipinski definition) is 9. The summed E-state index contributed by atoms with van der Waals surface area (Å²) < 4.78 is 123. The molecule has 2 amide bonds. The molecule has 1 saturated carbocycles. The number of carbonyl (C=O) groups excluding carboxylic acids is 2. The largest absolute Gasteiger partial charge is 0.509 e. The number of rotatable bonds is 12. The maximum atomic E-state index is 15.5. The van der Waals surface area contributed by atoms with Crippen LogP contribution in [0, 0.1) is 11.6 Å². The summed E-state index contributed by atoms with van der Waals surface area (Å²) in [5.41, 5.74) is -7.35. The summed E-state index contributed by atoms with van der Waals surface area (Å²) in [6.45, 7) is 4.00. The number of aromatic nitrogens is 2. The summed E-state index contributed by atoms with van der Waals surface area (Å²) in [7, 11) is 4.79. The molecule has 19 heteroatoms. The second kappa shape index (κ2) is 15.3. The number of likely N-dealkylation sites (N-methyl/N-ethyl adjacent to an activating group) is 2. The van der Waals surface area contributed by atoms with Crippen molar-refractivity contribution in [1.82, 2.24) is 24.9 Å². The van der Waals surface area contributed by atoms with Gasteiger partial charge in [-0.2, -0.15) is 30.7 Å². The highest BCUT2D eigenvalue weighted by Gasteiger charge is 2.55. The number of hydrogen-bond donors (Lipinski definition) is 2. The van der Waals surface area contributed by atoms with E-state index in [1.807, 2.05) is 25.8 Å². The van der Waals surface area contributed by atoms with Gasteiger partial charge in [0.25, 0.3) is 11.8 Å². The average Bonchev–Trinajstić information content (AvgIpc) is 3.08. The van der Waals surface area contributed by atoms with Crippen molar-refractivity contribution in [1.29, 1.82) is 0 Å². The van der Waals surface area contributed by atoms with Crippen LogP contribution in [0.15, 0.2) is 54.1 Å². The van der Waals surface area contributed by atoms with Gasteiger partial charge in [0.15, 0.2) is 11.6 Å². The Morgan fingerprint density at radius 2 is 1.71 bits per heavy atom. The maximum Gasteiger partial charge on any atom is 0.433 e. The molecule has 0 radical (unpaired) electrons. The van der Waals surface area contributed by atoms with Gasteiger partial charge in [0.1, 0.15) is 30.0 Å². The minimum Gasteiger partial charge on any atom is -0.509 e. The summed E-state index contributed by atoms with van der Waals surface area (Å²) in [4.78, 5) is 36.5. The molecule has 2 N–H and O–H groups in total. The molecule has 1 fully saturated rings. The van der Waals surface area contributed by atoms with E-state index in [1.165, 1.54) is 24.2 Å². The molecule has 1 aromatic heterocycles. The first kappa shape index (κ1) is 41.3. The number of aliphatic hydroxyl groups excluding tert-OH is 1. The molecule has 0 atom stereocenters. The first-order valence-electron chi connectivity index (χ1n) is 16.8. The lowest BCUT2D eigenvalue weighted by Crippen LogP contribution is -2.65. The molecular formula is C36H38F8N6O5. The summed E-state index contributed by atoms with van der Waals surface area (Å²) in [5, 5.41) is 15.9. The van der Waals surface area contributed by atoms with Crippen LogP contribution in [-0.2, 0) is 33.2 Å². The van der Waals surface area contributed by atoms with E-state index in [0.717, 1.165) is 11.1 Å². The van der Waals surface area contributed by atoms with Gasteiger partial charge in [0.2, 0.25) is 5.82 Å². The Morgan fingerprint density at radius 3 is 2.31 bits per heavy atom. The molecule has 5 rings (SSSR count). The molecule has 298 valence electrons. The third-order valence-corrected chi connectivity index (χ3v) is 10.0. The van der Waals surface area contributed by atoms with Crippen LogP contribution in [0.3, 0.4) is 0 Å². The number of aliphatic hydroxyl groups is 1. The van der Waals surface area contributed by atoms with Crippen molar-refractivity contribution < 1.29 is 59.3 Å². The Balaban J connectivity index is 1.43. The molecule has 1 aliphatic heterocycles. The van der Waals surface area contributed by atoms with E-state index in [0.29, 0.717) is 44.1 Å². The Labute approximate surface area is 310 Å². The zero-order chi connectivity index (χ0) is 40.7. The summed E-state index contributed by atoms with van der Waals surface area (Å²) in [6.07, 6.45) is -8.47. The van der Waals surface area contributed by atoms with E-state index in [-0.39, 0.29) is 36.3 Å². The highest BCUT2D eigenvalue weighted by Crippen LogP contribution is 2.47. The van der Waals surface area contributed by atoms with E-state index in [9.17, 15) is 41.0 Å². The summed E-state index contributed by atoms with van der Waals surface area (Å²) >= 11 is 0.